The molecule has 0 unspecified atom stereocenters. The van der Waals surface area contributed by atoms with Gasteiger partial charge in [0.15, 0.2) is 7.14 Å². The Labute approximate surface area is 220 Å². The van der Waals surface area contributed by atoms with Crippen LogP contribution in [-0.2, 0) is 4.57 Å². The van der Waals surface area contributed by atoms with Gasteiger partial charge in [-0.25, -0.2) is 0 Å². The summed E-state index contributed by atoms with van der Waals surface area (Å²) in [6.45, 7) is 0. The highest BCUT2D eigenvalue weighted by Crippen LogP contribution is 2.43. The summed E-state index contributed by atoms with van der Waals surface area (Å²) in [6, 6.07) is 47.9. The molecule has 0 fully saturated rings. The summed E-state index contributed by atoms with van der Waals surface area (Å²) in [7, 11) is -2.97. The molecule has 0 saturated heterocycles. The summed E-state index contributed by atoms with van der Waals surface area (Å²) in [6.07, 6.45) is 0. The van der Waals surface area contributed by atoms with E-state index in [4.69, 9.17) is 0 Å². The molecule has 0 radical (unpaired) electrons. The molecular formula is C34H23OPS. The lowest BCUT2D eigenvalue weighted by atomic mass is 10.0. The first-order valence-electron chi connectivity index (χ1n) is 12.4. The summed E-state index contributed by atoms with van der Waals surface area (Å²) in [5.74, 6) is 0. The first kappa shape index (κ1) is 22.2. The highest BCUT2D eigenvalue weighted by molar-refractivity contribution is 7.85. The van der Waals surface area contributed by atoms with E-state index in [0.29, 0.717) is 0 Å². The van der Waals surface area contributed by atoms with Gasteiger partial charge in [-0.3, -0.25) is 0 Å². The molecule has 0 N–H and O–H groups in total. The largest absolute Gasteiger partial charge is 0.309 e. The van der Waals surface area contributed by atoms with Crippen LogP contribution in [0.5, 0.6) is 0 Å². The summed E-state index contributed by atoms with van der Waals surface area (Å²) < 4.78 is 17.3. The Balaban J connectivity index is 1.33. The zero-order valence-corrected chi connectivity index (χ0v) is 21.8. The van der Waals surface area contributed by atoms with E-state index >= 15 is 0 Å². The summed E-state index contributed by atoms with van der Waals surface area (Å²) >= 11 is 1.84. The fraction of sp³-hybridized carbons (Fsp3) is 0. The van der Waals surface area contributed by atoms with Gasteiger partial charge < -0.3 is 4.57 Å². The van der Waals surface area contributed by atoms with Crippen LogP contribution in [0.4, 0.5) is 0 Å². The highest BCUT2D eigenvalue weighted by Gasteiger charge is 2.29. The third-order valence-electron chi connectivity index (χ3n) is 7.14. The van der Waals surface area contributed by atoms with Crippen LogP contribution in [0.25, 0.3) is 42.1 Å². The molecular weight excluding hydrogens is 487 g/mol. The predicted molar refractivity (Wildman–Crippen MR) is 162 cm³/mol. The second-order valence-corrected chi connectivity index (χ2v) is 13.2. The minimum Gasteiger partial charge on any atom is -0.309 e. The van der Waals surface area contributed by atoms with E-state index in [1.165, 1.54) is 36.5 Å². The Morgan fingerprint density at radius 1 is 0.432 bits per heavy atom. The molecule has 0 bridgehead atoms. The predicted octanol–water partition coefficient (Wildman–Crippen LogP) is 8.51. The van der Waals surface area contributed by atoms with E-state index in [1.807, 2.05) is 84.1 Å². The van der Waals surface area contributed by atoms with E-state index in [9.17, 15) is 4.57 Å². The standard InChI is InChI=1S/C34H23OPS/c35-36(28-11-3-1-4-12-28,29-13-5-2-6-14-29)30-18-15-24(16-19-30)27-17-20-33-31(22-27)32-21-25-9-7-8-10-26(25)23-34(32)37-33/h1-23H. The Morgan fingerprint density at radius 2 is 0.946 bits per heavy atom. The second-order valence-electron chi connectivity index (χ2n) is 9.34. The van der Waals surface area contributed by atoms with Crippen molar-refractivity contribution in [1.82, 2.24) is 0 Å². The third-order valence-corrected chi connectivity index (χ3v) is 11.4. The van der Waals surface area contributed by atoms with Gasteiger partial charge in [-0.15, -0.1) is 11.3 Å². The maximum Gasteiger partial charge on any atom is 0.171 e. The van der Waals surface area contributed by atoms with Crippen molar-refractivity contribution in [2.45, 2.75) is 0 Å². The zero-order valence-electron chi connectivity index (χ0n) is 20.0. The lowest BCUT2D eigenvalue weighted by molar-refractivity contribution is 0.592. The van der Waals surface area contributed by atoms with Crippen LogP contribution in [0, 0.1) is 0 Å². The Bertz CT molecular complexity index is 1890. The Kier molecular flexibility index (Phi) is 5.32. The summed E-state index contributed by atoms with van der Waals surface area (Å²) in [4.78, 5) is 0. The molecule has 0 aliphatic heterocycles. The van der Waals surface area contributed by atoms with Crippen molar-refractivity contribution < 1.29 is 4.57 Å². The fourth-order valence-electron chi connectivity index (χ4n) is 5.23. The molecule has 3 heteroatoms. The summed E-state index contributed by atoms with van der Waals surface area (Å²) in [5, 5.41) is 7.68. The van der Waals surface area contributed by atoms with Crippen molar-refractivity contribution in [3.05, 3.63) is 140 Å². The lowest BCUT2D eigenvalue weighted by Gasteiger charge is -2.20. The average molecular weight is 511 g/mol. The van der Waals surface area contributed by atoms with Crippen molar-refractivity contribution in [2.24, 2.45) is 0 Å². The summed E-state index contributed by atoms with van der Waals surface area (Å²) in [5.41, 5.74) is 2.29. The van der Waals surface area contributed by atoms with Gasteiger partial charge in [-0.2, -0.15) is 0 Å². The van der Waals surface area contributed by atoms with Gasteiger partial charge in [0.2, 0.25) is 0 Å². The zero-order chi connectivity index (χ0) is 24.8. The molecule has 7 aromatic rings. The molecule has 6 aromatic carbocycles. The van der Waals surface area contributed by atoms with Gasteiger partial charge in [-0.1, -0.05) is 115 Å². The molecule has 176 valence electrons. The van der Waals surface area contributed by atoms with Gasteiger partial charge in [0.25, 0.3) is 0 Å². The van der Waals surface area contributed by atoms with Gasteiger partial charge in [-0.05, 0) is 46.2 Å². The van der Waals surface area contributed by atoms with E-state index < -0.39 is 7.14 Å². The number of rotatable bonds is 4. The van der Waals surface area contributed by atoms with Crippen LogP contribution in [0.2, 0.25) is 0 Å². The molecule has 37 heavy (non-hydrogen) atoms. The first-order chi connectivity index (χ1) is 18.2. The van der Waals surface area contributed by atoms with Crippen LogP contribution in [-0.4, -0.2) is 0 Å². The number of benzene rings is 6. The van der Waals surface area contributed by atoms with Crippen molar-refractivity contribution in [1.29, 1.82) is 0 Å². The van der Waals surface area contributed by atoms with Gasteiger partial charge in [0.1, 0.15) is 0 Å². The fourth-order valence-corrected chi connectivity index (χ4v) is 8.99. The molecule has 7 rings (SSSR count). The second kappa shape index (κ2) is 8.85. The smallest absolute Gasteiger partial charge is 0.171 e. The number of hydrogen-bond donors (Lipinski definition) is 0. The van der Waals surface area contributed by atoms with Crippen molar-refractivity contribution in [3.63, 3.8) is 0 Å². The molecule has 1 heterocycles. The SMILES string of the molecule is O=P(c1ccccc1)(c1ccccc1)c1ccc(-c2ccc3sc4cc5ccccc5cc4c3c2)cc1. The first-order valence-corrected chi connectivity index (χ1v) is 14.9. The van der Waals surface area contributed by atoms with E-state index in [-0.39, 0.29) is 0 Å². The quantitative estimate of drug-likeness (QED) is 0.217. The van der Waals surface area contributed by atoms with Crippen LogP contribution in [0.1, 0.15) is 0 Å². The minimum absolute atomic E-state index is 0.849. The Morgan fingerprint density at radius 3 is 1.59 bits per heavy atom. The van der Waals surface area contributed by atoms with E-state index in [2.05, 4.69) is 66.7 Å². The number of thiophene rings is 1. The lowest BCUT2D eigenvalue weighted by Crippen LogP contribution is -2.24. The normalized spacial score (nSPS) is 11.9. The van der Waals surface area contributed by atoms with Gasteiger partial charge in [0.05, 0.1) is 0 Å². The third kappa shape index (κ3) is 3.73. The van der Waals surface area contributed by atoms with Crippen molar-refractivity contribution >= 4 is 65.3 Å². The number of hydrogen-bond acceptors (Lipinski definition) is 2. The molecule has 0 spiro atoms. The highest BCUT2D eigenvalue weighted by atomic mass is 32.1. The average Bonchev–Trinajstić information content (AvgIpc) is 3.33. The molecule has 0 amide bonds. The maximum atomic E-state index is 14.7. The molecule has 1 aromatic heterocycles. The molecule has 0 aliphatic carbocycles. The van der Waals surface area contributed by atoms with Gasteiger partial charge >= 0.3 is 0 Å². The van der Waals surface area contributed by atoms with Gasteiger partial charge in [0, 0.05) is 36.1 Å². The Hall–Kier alpha value is -3.97. The van der Waals surface area contributed by atoms with Crippen LogP contribution >= 0.6 is 18.5 Å². The molecule has 0 saturated carbocycles. The van der Waals surface area contributed by atoms with Crippen LogP contribution in [0.3, 0.4) is 0 Å². The van der Waals surface area contributed by atoms with E-state index in [1.54, 1.807) is 0 Å². The maximum absolute atomic E-state index is 14.7. The van der Waals surface area contributed by atoms with Crippen molar-refractivity contribution in [3.8, 4) is 11.1 Å². The molecule has 1 nitrogen and oxygen atoms in total. The van der Waals surface area contributed by atoms with E-state index in [0.717, 1.165) is 21.5 Å². The van der Waals surface area contributed by atoms with Crippen LogP contribution in [0.15, 0.2) is 140 Å². The topological polar surface area (TPSA) is 17.1 Å². The number of fused-ring (bicyclic) bond motifs is 4. The molecule has 0 aliphatic rings. The molecule has 0 atom stereocenters. The van der Waals surface area contributed by atoms with Crippen molar-refractivity contribution in [2.75, 3.05) is 0 Å². The van der Waals surface area contributed by atoms with Crippen LogP contribution < -0.4 is 15.9 Å². The monoisotopic (exact) mass is 510 g/mol. The minimum atomic E-state index is -2.97.